The highest BCUT2D eigenvalue weighted by Gasteiger charge is 2.26. The lowest BCUT2D eigenvalue weighted by atomic mass is 10.0. The summed E-state index contributed by atoms with van der Waals surface area (Å²) in [4.78, 5) is 57.9. The van der Waals surface area contributed by atoms with Crippen LogP contribution in [0.15, 0.2) is 110 Å². The number of aliphatic hydroxyl groups excluding tert-OH is 1. The van der Waals surface area contributed by atoms with E-state index >= 15 is 0 Å². The predicted octanol–water partition coefficient (Wildman–Crippen LogP) is 11.9. The van der Waals surface area contributed by atoms with E-state index in [9.17, 15) is 19.5 Å². The first-order valence-corrected chi connectivity index (χ1v) is 33.5. The van der Waals surface area contributed by atoms with Crippen molar-refractivity contribution < 1.29 is 38.4 Å². The van der Waals surface area contributed by atoms with Crippen LogP contribution in [-0.2, 0) is 32.5 Å². The number of nitrogens with zero attached hydrogens (tertiary/aromatic N) is 8. The summed E-state index contributed by atoms with van der Waals surface area (Å²) < 4.78 is 27.3. The molecule has 8 aromatic rings. The number of ketones is 1. The van der Waals surface area contributed by atoms with Gasteiger partial charge < -0.3 is 43.0 Å². The number of fused-ring (bicyclic) bond motifs is 2. The number of methoxy groups -OCH3 is 2. The number of likely N-dealkylation sites (N-methyl/N-ethyl adjacent to an activating group) is 2. The van der Waals surface area contributed by atoms with Gasteiger partial charge in [-0.25, -0.2) is 9.97 Å². The summed E-state index contributed by atoms with van der Waals surface area (Å²) in [6.45, 7) is 15.9. The van der Waals surface area contributed by atoms with Gasteiger partial charge in [0, 0.05) is 174 Å². The molecule has 0 aliphatic rings. The fourth-order valence-electron chi connectivity index (χ4n) is 8.44. The molecular weight excluding hydrogens is 1060 g/mol. The third kappa shape index (κ3) is 13.7. The second kappa shape index (κ2) is 25.3. The number of hydrogen-bond acceptors (Lipinski definition) is 12. The van der Waals surface area contributed by atoms with Crippen LogP contribution in [0.3, 0.4) is 0 Å². The minimum atomic E-state index is -1.33. The maximum Gasteiger partial charge on any atom is 0.294 e. The fourth-order valence-corrected chi connectivity index (χ4v) is 10.6. The van der Waals surface area contributed by atoms with E-state index in [4.69, 9.17) is 52.1 Å². The lowest BCUT2D eigenvalue weighted by Crippen LogP contribution is -2.29. The third-order valence-electron chi connectivity index (χ3n) is 12.9. The van der Waals surface area contributed by atoms with Crippen LogP contribution in [0, 0.1) is 0 Å². The number of carbonyl (C=O) groups is 3. The second-order valence-corrected chi connectivity index (χ2v) is 33.6. The Morgan fingerprint density at radius 1 is 0.603 bits per heavy atom. The zero-order valence-corrected chi connectivity index (χ0v) is 49.9. The van der Waals surface area contributed by atoms with E-state index < -0.39 is 39.8 Å². The van der Waals surface area contributed by atoms with Crippen molar-refractivity contribution in [3.05, 3.63) is 131 Å². The first-order valence-electron chi connectivity index (χ1n) is 25.4. The van der Waals surface area contributed by atoms with Crippen molar-refractivity contribution in [2.75, 3.05) is 55.6 Å². The summed E-state index contributed by atoms with van der Waals surface area (Å²) in [5, 5.41) is 13.0. The second-order valence-electron chi connectivity index (χ2n) is 21.6. The van der Waals surface area contributed by atoms with Crippen molar-refractivity contribution >= 4 is 79.0 Å². The van der Waals surface area contributed by atoms with Crippen LogP contribution in [-0.4, -0.2) is 133 Å². The highest BCUT2D eigenvalue weighted by molar-refractivity contribution is 6.76. The smallest absolute Gasteiger partial charge is 0.294 e. The Labute approximate surface area is 467 Å². The van der Waals surface area contributed by atoms with Gasteiger partial charge in [0.1, 0.15) is 36.3 Å². The van der Waals surface area contributed by atoms with Gasteiger partial charge in [0.2, 0.25) is 0 Å². The molecule has 2 amide bonds. The van der Waals surface area contributed by atoms with Gasteiger partial charge in [-0.2, -0.15) is 0 Å². The molecular formula is C58H68Cl2N8O8Si2. The van der Waals surface area contributed by atoms with Crippen LogP contribution in [0.4, 0.5) is 0 Å². The van der Waals surface area contributed by atoms with Crippen molar-refractivity contribution in [1.82, 2.24) is 38.9 Å². The molecule has 0 fully saturated rings. The average molecular weight is 1130 g/mol. The number of benzene rings is 2. The van der Waals surface area contributed by atoms with E-state index in [0.717, 1.165) is 45.1 Å². The minimum absolute atomic E-state index is 0.181. The quantitative estimate of drug-likeness (QED) is 0.0331. The number of rotatable bonds is 20. The van der Waals surface area contributed by atoms with Crippen molar-refractivity contribution in [3.8, 4) is 56.0 Å². The Kier molecular flexibility index (Phi) is 19.1. The van der Waals surface area contributed by atoms with Crippen LogP contribution in [0.1, 0.15) is 22.0 Å². The topological polar surface area (TPSA) is 176 Å². The van der Waals surface area contributed by atoms with E-state index in [1.54, 1.807) is 65.2 Å². The van der Waals surface area contributed by atoms with E-state index in [0.29, 0.717) is 87.3 Å². The number of amides is 2. The van der Waals surface area contributed by atoms with Crippen LogP contribution < -0.4 is 9.47 Å². The number of Topliss-reactive ketones (excluding diaryl/α,β-unsaturated/α-hetero) is 1. The maximum atomic E-state index is 12.7. The molecule has 20 heteroatoms. The molecule has 0 saturated carbocycles. The number of pyridine rings is 4. The summed E-state index contributed by atoms with van der Waals surface area (Å²) in [6.07, 6.45) is 12.1. The average Bonchev–Trinajstić information content (AvgIpc) is 4.21. The molecule has 410 valence electrons. The predicted molar refractivity (Wildman–Crippen MR) is 315 cm³/mol. The molecule has 1 unspecified atom stereocenters. The van der Waals surface area contributed by atoms with Gasteiger partial charge in [-0.05, 0) is 36.4 Å². The standard InChI is InChI=1S/C29H35ClN4O4Si.C29H33ClN4O4Si/c2*1-33(2)29(36)27(35)20-13-19(14-31-15-20)22-16-32-28-25(26(22)30)23(21-9-7-8-10-24(21)37-3)17-34(28)18-38-11-12-39(4,5)6/h7-10,13-17,27,35H,11-12,18H2,1-6H3;7-10,13-17H,11-12,18H2,1-6H3. The Morgan fingerprint density at radius 2 is 1.05 bits per heavy atom. The molecule has 78 heavy (non-hydrogen) atoms. The molecule has 8 rings (SSSR count). The first kappa shape index (κ1) is 58.9. The summed E-state index contributed by atoms with van der Waals surface area (Å²) in [6, 6.07) is 20.9. The zero-order chi connectivity index (χ0) is 56.6. The number of carbonyl (C=O) groups excluding carboxylic acids is 3. The Morgan fingerprint density at radius 3 is 1.49 bits per heavy atom. The van der Waals surface area contributed by atoms with Gasteiger partial charge in [-0.15, -0.1) is 0 Å². The molecule has 1 N–H and O–H groups in total. The molecule has 0 bridgehead atoms. The Bertz CT molecular complexity index is 3460. The summed E-state index contributed by atoms with van der Waals surface area (Å²) in [7, 11) is 7.07. The summed E-state index contributed by atoms with van der Waals surface area (Å²) >= 11 is 14.2. The molecule has 0 radical (unpaired) electrons. The normalized spacial score (nSPS) is 12.0. The Hall–Kier alpha value is -6.78. The molecule has 16 nitrogen and oxygen atoms in total. The molecule has 0 aliphatic heterocycles. The Balaban J connectivity index is 0.000000226. The van der Waals surface area contributed by atoms with E-state index in [1.165, 1.54) is 36.3 Å². The number of aliphatic hydroxyl groups is 1. The lowest BCUT2D eigenvalue weighted by molar-refractivity contribution is -0.137. The van der Waals surface area contributed by atoms with Gasteiger partial charge in [0.15, 0.2) is 6.10 Å². The van der Waals surface area contributed by atoms with Crippen molar-refractivity contribution in [3.63, 3.8) is 0 Å². The monoisotopic (exact) mass is 1130 g/mol. The van der Waals surface area contributed by atoms with E-state index in [1.807, 2.05) is 70.1 Å². The highest BCUT2D eigenvalue weighted by Crippen LogP contribution is 2.44. The van der Waals surface area contributed by atoms with E-state index in [2.05, 4.69) is 49.3 Å². The van der Waals surface area contributed by atoms with Gasteiger partial charge in [-0.1, -0.05) is 98.9 Å². The number of ether oxygens (including phenoxy) is 4. The molecule has 0 spiro atoms. The van der Waals surface area contributed by atoms with Crippen LogP contribution in [0.5, 0.6) is 11.5 Å². The zero-order valence-electron chi connectivity index (χ0n) is 46.4. The fraction of sp³-hybridized carbons (Fsp3) is 0.328. The molecule has 2 aromatic carbocycles. The summed E-state index contributed by atoms with van der Waals surface area (Å²) in [5.41, 5.74) is 7.82. The van der Waals surface area contributed by atoms with E-state index in [-0.39, 0.29) is 5.56 Å². The first-order chi connectivity index (χ1) is 37.0. The number of halogens is 2. The van der Waals surface area contributed by atoms with Crippen molar-refractivity contribution in [1.29, 1.82) is 0 Å². The van der Waals surface area contributed by atoms with Crippen molar-refractivity contribution in [2.24, 2.45) is 0 Å². The maximum absolute atomic E-state index is 12.7. The largest absolute Gasteiger partial charge is 0.496 e. The van der Waals surface area contributed by atoms with Crippen LogP contribution >= 0.6 is 23.2 Å². The van der Waals surface area contributed by atoms with Gasteiger partial charge >= 0.3 is 0 Å². The molecule has 6 heterocycles. The van der Waals surface area contributed by atoms with Gasteiger partial charge in [0.05, 0.1) is 24.3 Å². The number of hydrogen-bond donors (Lipinski definition) is 1. The number of para-hydroxylation sites is 2. The number of aromatic nitrogens is 6. The lowest BCUT2D eigenvalue weighted by Gasteiger charge is -2.16. The van der Waals surface area contributed by atoms with Gasteiger partial charge in [0.25, 0.3) is 17.6 Å². The van der Waals surface area contributed by atoms with Crippen LogP contribution in [0.25, 0.3) is 66.6 Å². The SMILES string of the molecule is COc1ccccc1-c1cn(COCC[Si](C)(C)C)c2ncc(-c3cncc(C(=O)C(=O)N(C)C)c3)c(Cl)c12.COc1ccccc1-c1cn(COCC[Si](C)(C)C)c2ncc(-c3cncc(C(O)C(=O)N(C)C)c3)c(Cl)c12. The molecule has 0 aliphatic carbocycles. The van der Waals surface area contributed by atoms with Crippen molar-refractivity contribution in [2.45, 2.75) is 70.9 Å². The molecule has 0 saturated heterocycles. The molecule has 1 atom stereocenters. The van der Waals surface area contributed by atoms with Gasteiger partial charge in [-0.3, -0.25) is 24.4 Å². The summed E-state index contributed by atoms with van der Waals surface area (Å²) in [5.74, 6) is -0.284. The highest BCUT2D eigenvalue weighted by atomic mass is 35.5. The minimum Gasteiger partial charge on any atom is -0.496 e. The molecule has 6 aromatic heterocycles. The van der Waals surface area contributed by atoms with Crippen LogP contribution in [0.2, 0.25) is 61.4 Å². The third-order valence-corrected chi connectivity index (χ3v) is 17.1.